The van der Waals surface area contributed by atoms with E-state index < -0.39 is 5.82 Å². The van der Waals surface area contributed by atoms with Crippen molar-refractivity contribution in [3.05, 3.63) is 45.4 Å². The molecule has 0 aliphatic rings. The van der Waals surface area contributed by atoms with Crippen molar-refractivity contribution in [3.63, 3.8) is 0 Å². The van der Waals surface area contributed by atoms with Gasteiger partial charge in [-0.25, -0.2) is 9.07 Å². The lowest BCUT2D eigenvalue weighted by molar-refractivity contribution is 0.627. The Labute approximate surface area is 118 Å². The lowest BCUT2D eigenvalue weighted by atomic mass is 10.3. The third-order valence-corrected chi connectivity index (χ3v) is 3.47. The molecular weight excluding hydrogens is 321 g/mol. The molecule has 0 radical (unpaired) electrons. The van der Waals surface area contributed by atoms with Crippen molar-refractivity contribution in [2.45, 2.75) is 6.42 Å². The van der Waals surface area contributed by atoms with Crippen LogP contribution in [0.2, 0.25) is 5.02 Å². The molecule has 0 bridgehead atoms. The highest BCUT2D eigenvalue weighted by atomic mass is 79.9. The van der Waals surface area contributed by atoms with Crippen molar-refractivity contribution < 1.29 is 4.39 Å². The summed E-state index contributed by atoms with van der Waals surface area (Å²) in [6, 6.07) is 4.53. The highest BCUT2D eigenvalue weighted by molar-refractivity contribution is 9.10. The highest BCUT2D eigenvalue weighted by Gasteiger charge is 2.09. The summed E-state index contributed by atoms with van der Waals surface area (Å²) in [6.07, 6.45) is 2.66. The third kappa shape index (κ3) is 2.91. The highest BCUT2D eigenvalue weighted by Crippen LogP contribution is 2.22. The Bertz CT molecular complexity index is 556. The molecular formula is C12H12BrClFN3. The summed E-state index contributed by atoms with van der Waals surface area (Å²) in [4.78, 5) is 0. The Hall–Kier alpha value is -0.910. The molecule has 0 atom stereocenters. The van der Waals surface area contributed by atoms with Crippen LogP contribution in [0.25, 0.3) is 5.69 Å². The molecule has 96 valence electrons. The first-order valence-corrected chi connectivity index (χ1v) is 6.63. The largest absolute Gasteiger partial charge is 0.319 e. The number of nitrogens with one attached hydrogen (secondary N) is 1. The molecule has 0 saturated carbocycles. The SMILES string of the molecule is CNCCc1nn(-c2ccc(F)c(Cl)c2)cc1Br. The fraction of sp³-hybridized carbons (Fsp3) is 0.250. The van der Waals surface area contributed by atoms with Gasteiger partial charge in [-0.1, -0.05) is 11.6 Å². The summed E-state index contributed by atoms with van der Waals surface area (Å²) < 4.78 is 15.7. The average Bonchev–Trinajstić information content (AvgIpc) is 2.72. The van der Waals surface area contributed by atoms with Crippen LogP contribution < -0.4 is 5.32 Å². The molecule has 18 heavy (non-hydrogen) atoms. The molecule has 0 saturated heterocycles. The molecule has 0 spiro atoms. The number of rotatable bonds is 4. The van der Waals surface area contributed by atoms with Crippen molar-refractivity contribution in [1.82, 2.24) is 15.1 Å². The fourth-order valence-electron chi connectivity index (χ4n) is 1.56. The molecule has 0 aliphatic heterocycles. The predicted octanol–water partition coefficient (Wildman–Crippen LogP) is 3.19. The van der Waals surface area contributed by atoms with Gasteiger partial charge in [0.15, 0.2) is 0 Å². The molecule has 1 N–H and O–H groups in total. The van der Waals surface area contributed by atoms with Crippen molar-refractivity contribution in [2.75, 3.05) is 13.6 Å². The Balaban J connectivity index is 2.30. The minimum Gasteiger partial charge on any atom is -0.319 e. The zero-order valence-electron chi connectivity index (χ0n) is 9.75. The molecule has 1 aromatic heterocycles. The summed E-state index contributed by atoms with van der Waals surface area (Å²) in [6.45, 7) is 0.847. The van der Waals surface area contributed by atoms with Crippen molar-refractivity contribution in [1.29, 1.82) is 0 Å². The third-order valence-electron chi connectivity index (χ3n) is 2.52. The predicted molar refractivity (Wildman–Crippen MR) is 73.9 cm³/mol. The first-order chi connectivity index (χ1) is 8.61. The molecule has 6 heteroatoms. The van der Waals surface area contributed by atoms with Gasteiger partial charge in [-0.05, 0) is 41.2 Å². The van der Waals surface area contributed by atoms with Crippen LogP contribution in [0.4, 0.5) is 4.39 Å². The average molecular weight is 333 g/mol. The Kier molecular flexibility index (Phi) is 4.37. The molecule has 1 heterocycles. The second kappa shape index (κ2) is 5.82. The standard InChI is InChI=1S/C12H12BrClFN3/c1-16-5-4-12-9(13)7-18(17-12)8-2-3-11(15)10(14)6-8/h2-3,6-7,16H,4-5H2,1H3. The maximum Gasteiger partial charge on any atom is 0.141 e. The van der Waals surface area contributed by atoms with E-state index in [1.54, 1.807) is 16.8 Å². The van der Waals surface area contributed by atoms with Gasteiger partial charge in [-0.3, -0.25) is 0 Å². The topological polar surface area (TPSA) is 29.9 Å². The fourth-order valence-corrected chi connectivity index (χ4v) is 2.21. The molecule has 0 amide bonds. The number of hydrogen-bond acceptors (Lipinski definition) is 2. The summed E-state index contributed by atoms with van der Waals surface area (Å²) >= 11 is 9.22. The van der Waals surface area contributed by atoms with Gasteiger partial charge in [-0.15, -0.1) is 0 Å². The van der Waals surface area contributed by atoms with Crippen LogP contribution in [-0.2, 0) is 6.42 Å². The number of likely N-dealkylation sites (N-methyl/N-ethyl adjacent to an activating group) is 1. The second-order valence-corrected chi connectivity index (χ2v) is 5.08. The van der Waals surface area contributed by atoms with Crippen LogP contribution in [0.3, 0.4) is 0 Å². The van der Waals surface area contributed by atoms with Crippen LogP contribution in [0.5, 0.6) is 0 Å². The summed E-state index contributed by atoms with van der Waals surface area (Å²) in [5, 5.41) is 7.60. The van der Waals surface area contributed by atoms with Crippen molar-refractivity contribution in [3.8, 4) is 5.69 Å². The van der Waals surface area contributed by atoms with E-state index in [1.807, 2.05) is 13.2 Å². The van der Waals surface area contributed by atoms with E-state index in [9.17, 15) is 4.39 Å². The molecule has 2 aromatic rings. The molecule has 2 rings (SSSR count). The molecule has 0 fully saturated rings. The summed E-state index contributed by atoms with van der Waals surface area (Å²) in [5.41, 5.74) is 1.68. The van der Waals surface area contributed by atoms with Crippen LogP contribution >= 0.6 is 27.5 Å². The minimum absolute atomic E-state index is 0.0934. The second-order valence-electron chi connectivity index (χ2n) is 3.82. The summed E-state index contributed by atoms with van der Waals surface area (Å²) in [7, 11) is 1.89. The Morgan fingerprint density at radius 1 is 1.50 bits per heavy atom. The van der Waals surface area contributed by atoms with Gasteiger partial charge in [0.05, 0.1) is 20.9 Å². The number of halogens is 3. The molecule has 1 aromatic carbocycles. The van der Waals surface area contributed by atoms with E-state index in [2.05, 4.69) is 26.3 Å². The number of hydrogen-bond donors (Lipinski definition) is 1. The smallest absolute Gasteiger partial charge is 0.141 e. The van der Waals surface area contributed by atoms with E-state index in [-0.39, 0.29) is 5.02 Å². The van der Waals surface area contributed by atoms with E-state index in [4.69, 9.17) is 11.6 Å². The number of benzene rings is 1. The van der Waals surface area contributed by atoms with Crippen molar-refractivity contribution in [2.24, 2.45) is 0 Å². The van der Waals surface area contributed by atoms with E-state index in [0.29, 0.717) is 0 Å². The summed E-state index contributed by atoms with van der Waals surface area (Å²) in [5.74, 6) is -0.429. The first-order valence-electron chi connectivity index (χ1n) is 5.46. The monoisotopic (exact) mass is 331 g/mol. The Morgan fingerprint density at radius 3 is 2.94 bits per heavy atom. The van der Waals surface area contributed by atoms with E-state index in [0.717, 1.165) is 28.8 Å². The van der Waals surface area contributed by atoms with Gasteiger partial charge in [0.2, 0.25) is 0 Å². The zero-order chi connectivity index (χ0) is 13.1. The van der Waals surface area contributed by atoms with E-state index >= 15 is 0 Å². The lowest BCUT2D eigenvalue weighted by Crippen LogP contribution is -2.11. The quantitative estimate of drug-likeness (QED) is 0.932. The maximum absolute atomic E-state index is 13.1. The Morgan fingerprint density at radius 2 is 2.28 bits per heavy atom. The number of aromatic nitrogens is 2. The normalized spacial score (nSPS) is 10.9. The molecule has 0 unspecified atom stereocenters. The zero-order valence-corrected chi connectivity index (χ0v) is 12.1. The van der Waals surface area contributed by atoms with Gasteiger partial charge in [-0.2, -0.15) is 5.10 Å². The lowest BCUT2D eigenvalue weighted by Gasteiger charge is -2.02. The van der Waals surface area contributed by atoms with Crippen LogP contribution in [0.15, 0.2) is 28.9 Å². The molecule has 0 aliphatic carbocycles. The molecule has 3 nitrogen and oxygen atoms in total. The van der Waals surface area contributed by atoms with Gasteiger partial charge in [0, 0.05) is 19.2 Å². The van der Waals surface area contributed by atoms with Gasteiger partial charge in [0.25, 0.3) is 0 Å². The van der Waals surface area contributed by atoms with Crippen molar-refractivity contribution >= 4 is 27.5 Å². The number of nitrogens with zero attached hydrogens (tertiary/aromatic N) is 2. The van der Waals surface area contributed by atoms with Gasteiger partial charge >= 0.3 is 0 Å². The van der Waals surface area contributed by atoms with Crippen LogP contribution in [-0.4, -0.2) is 23.4 Å². The van der Waals surface area contributed by atoms with Gasteiger partial charge < -0.3 is 5.32 Å². The maximum atomic E-state index is 13.1. The van der Waals surface area contributed by atoms with E-state index in [1.165, 1.54) is 6.07 Å². The van der Waals surface area contributed by atoms with Gasteiger partial charge in [0.1, 0.15) is 5.82 Å². The minimum atomic E-state index is -0.429. The van der Waals surface area contributed by atoms with Crippen LogP contribution in [0, 0.1) is 5.82 Å². The first kappa shape index (κ1) is 13.5. The van der Waals surface area contributed by atoms with Crippen LogP contribution in [0.1, 0.15) is 5.69 Å².